The van der Waals surface area contributed by atoms with Crippen molar-refractivity contribution in [3.63, 3.8) is 0 Å². The van der Waals surface area contributed by atoms with Crippen LogP contribution in [0.3, 0.4) is 0 Å². The number of aryl methyl sites for hydroxylation is 2. The molecule has 1 aromatic heterocycles. The van der Waals surface area contributed by atoms with Gasteiger partial charge in [0.2, 0.25) is 5.91 Å². The first kappa shape index (κ1) is 14.6. The number of aliphatic carboxylic acids is 1. The van der Waals surface area contributed by atoms with E-state index in [0.29, 0.717) is 0 Å². The van der Waals surface area contributed by atoms with E-state index in [2.05, 4.69) is 5.10 Å². The predicted molar refractivity (Wildman–Crippen MR) is 73.5 cm³/mol. The molecule has 6 nitrogen and oxygen atoms in total. The number of amides is 1. The predicted octanol–water partition coefficient (Wildman–Crippen LogP) is 1.22. The first-order valence-electron chi connectivity index (χ1n) is 6.85. The Morgan fingerprint density at radius 1 is 1.45 bits per heavy atom. The van der Waals surface area contributed by atoms with Crippen LogP contribution in [-0.4, -0.2) is 44.3 Å². The lowest BCUT2D eigenvalue weighted by Gasteiger charge is -2.24. The molecule has 20 heavy (non-hydrogen) atoms. The van der Waals surface area contributed by atoms with Crippen molar-refractivity contribution >= 4 is 11.9 Å². The Kier molecular flexibility index (Phi) is 3.83. The normalized spacial score (nSPS) is 16.0. The van der Waals surface area contributed by atoms with E-state index < -0.39 is 5.97 Å². The molecule has 2 rings (SSSR count). The van der Waals surface area contributed by atoms with E-state index in [-0.39, 0.29) is 24.4 Å². The second kappa shape index (κ2) is 5.26. The highest BCUT2D eigenvalue weighted by Gasteiger charge is 2.37. The largest absolute Gasteiger partial charge is 0.480 e. The molecular formula is C14H21N3O3. The second-order valence-electron chi connectivity index (χ2n) is 5.52. The van der Waals surface area contributed by atoms with Crippen molar-refractivity contribution in [2.45, 2.75) is 45.6 Å². The van der Waals surface area contributed by atoms with E-state index in [9.17, 15) is 9.59 Å². The van der Waals surface area contributed by atoms with Crippen LogP contribution >= 0.6 is 0 Å². The minimum atomic E-state index is -0.961. The van der Waals surface area contributed by atoms with E-state index in [1.54, 1.807) is 4.68 Å². The van der Waals surface area contributed by atoms with Crippen LogP contribution in [0.15, 0.2) is 0 Å². The Morgan fingerprint density at radius 3 is 2.45 bits per heavy atom. The summed E-state index contributed by atoms with van der Waals surface area (Å²) in [5.74, 6) is -1.44. The van der Waals surface area contributed by atoms with Gasteiger partial charge in [0.25, 0.3) is 0 Å². The topological polar surface area (TPSA) is 75.4 Å². The molecule has 0 aromatic carbocycles. The van der Waals surface area contributed by atoms with Gasteiger partial charge in [-0.1, -0.05) is 0 Å². The van der Waals surface area contributed by atoms with Crippen molar-refractivity contribution in [1.29, 1.82) is 0 Å². The summed E-state index contributed by atoms with van der Waals surface area (Å²) in [6.07, 6.45) is 1.80. The highest BCUT2D eigenvalue weighted by molar-refractivity contribution is 5.87. The Morgan fingerprint density at radius 2 is 2.05 bits per heavy atom. The molecule has 0 spiro atoms. The maximum absolute atomic E-state index is 12.6. The number of rotatable bonds is 5. The van der Waals surface area contributed by atoms with Gasteiger partial charge in [-0.25, -0.2) is 0 Å². The summed E-state index contributed by atoms with van der Waals surface area (Å²) >= 11 is 0. The zero-order valence-electron chi connectivity index (χ0n) is 12.4. The summed E-state index contributed by atoms with van der Waals surface area (Å²) in [5.41, 5.74) is 2.69. The van der Waals surface area contributed by atoms with Crippen molar-refractivity contribution in [3.05, 3.63) is 17.0 Å². The number of carboxylic acids is 1. The van der Waals surface area contributed by atoms with Crippen molar-refractivity contribution in [1.82, 2.24) is 14.7 Å². The molecule has 0 bridgehead atoms. The lowest BCUT2D eigenvalue weighted by molar-refractivity contribution is -0.145. The van der Waals surface area contributed by atoms with E-state index in [1.807, 2.05) is 27.8 Å². The Labute approximate surface area is 118 Å². The molecule has 1 N–H and O–H groups in total. The minimum Gasteiger partial charge on any atom is -0.480 e. The molecular weight excluding hydrogens is 258 g/mol. The average molecular weight is 279 g/mol. The third kappa shape index (κ3) is 2.69. The molecule has 1 aliphatic carbocycles. The summed E-state index contributed by atoms with van der Waals surface area (Å²) in [6, 6.07) is 0.0957. The first-order valence-corrected chi connectivity index (χ1v) is 6.85. The number of carbonyl (C=O) groups excluding carboxylic acids is 1. The molecule has 1 fully saturated rings. The summed E-state index contributed by atoms with van der Waals surface area (Å²) in [5, 5.41) is 13.3. The summed E-state index contributed by atoms with van der Waals surface area (Å²) in [7, 11) is 1.85. The van der Waals surface area contributed by atoms with Crippen LogP contribution in [0.2, 0.25) is 0 Å². The van der Waals surface area contributed by atoms with Gasteiger partial charge in [-0.2, -0.15) is 5.10 Å². The molecule has 1 aliphatic rings. The van der Waals surface area contributed by atoms with Gasteiger partial charge in [-0.3, -0.25) is 14.3 Å². The smallest absolute Gasteiger partial charge is 0.323 e. The van der Waals surface area contributed by atoms with Gasteiger partial charge >= 0.3 is 5.97 Å². The lowest BCUT2D eigenvalue weighted by atomic mass is 9.97. The highest BCUT2D eigenvalue weighted by atomic mass is 16.4. The number of nitrogens with zero attached hydrogens (tertiary/aromatic N) is 3. The van der Waals surface area contributed by atoms with E-state index >= 15 is 0 Å². The van der Waals surface area contributed by atoms with E-state index in [4.69, 9.17) is 5.11 Å². The fraction of sp³-hybridized carbons (Fsp3) is 0.643. The molecule has 1 unspecified atom stereocenters. The first-order chi connectivity index (χ1) is 9.32. The third-order valence-electron chi connectivity index (χ3n) is 3.94. The number of aromatic nitrogens is 2. The van der Waals surface area contributed by atoms with Crippen molar-refractivity contribution in [2.75, 3.05) is 6.54 Å². The summed E-state index contributed by atoms with van der Waals surface area (Å²) in [6.45, 7) is 5.42. The van der Waals surface area contributed by atoms with Crippen molar-refractivity contribution < 1.29 is 14.7 Å². The van der Waals surface area contributed by atoms with Crippen LogP contribution in [0.25, 0.3) is 0 Å². The van der Waals surface area contributed by atoms with Gasteiger partial charge in [-0.15, -0.1) is 0 Å². The lowest BCUT2D eigenvalue weighted by Crippen LogP contribution is -2.40. The summed E-state index contributed by atoms with van der Waals surface area (Å²) in [4.78, 5) is 25.0. The van der Waals surface area contributed by atoms with Crippen LogP contribution in [0.1, 0.15) is 42.6 Å². The number of hydrogen-bond donors (Lipinski definition) is 1. The molecule has 1 atom stereocenters. The molecule has 1 aromatic rings. The molecule has 1 amide bonds. The van der Waals surface area contributed by atoms with Crippen LogP contribution in [0.5, 0.6) is 0 Å². The monoisotopic (exact) mass is 279 g/mol. The zero-order valence-corrected chi connectivity index (χ0v) is 12.4. The Bertz CT molecular complexity index is 546. The molecule has 110 valence electrons. The number of hydrogen-bond acceptors (Lipinski definition) is 3. The molecule has 6 heteroatoms. The van der Waals surface area contributed by atoms with Crippen LogP contribution < -0.4 is 0 Å². The second-order valence-corrected chi connectivity index (χ2v) is 5.52. The third-order valence-corrected chi connectivity index (χ3v) is 3.94. The molecule has 1 heterocycles. The van der Waals surface area contributed by atoms with Crippen molar-refractivity contribution in [3.8, 4) is 0 Å². The van der Waals surface area contributed by atoms with Crippen molar-refractivity contribution in [2.24, 2.45) is 7.05 Å². The van der Waals surface area contributed by atoms with E-state index in [1.165, 1.54) is 4.90 Å². The van der Waals surface area contributed by atoms with Crippen LogP contribution in [-0.2, 0) is 16.6 Å². The Balaban J connectivity index is 2.24. The minimum absolute atomic E-state index is 0.0957. The maximum atomic E-state index is 12.6. The van der Waals surface area contributed by atoms with Gasteiger partial charge in [0, 0.05) is 24.3 Å². The quantitative estimate of drug-likeness (QED) is 0.879. The van der Waals surface area contributed by atoms with Gasteiger partial charge in [-0.05, 0) is 33.6 Å². The van der Waals surface area contributed by atoms with Gasteiger partial charge < -0.3 is 10.0 Å². The van der Waals surface area contributed by atoms with Gasteiger partial charge in [0.15, 0.2) is 0 Å². The summed E-state index contributed by atoms with van der Waals surface area (Å²) < 4.78 is 1.76. The SMILES string of the molecule is Cc1nn(C)c(C)c1C(C)C(=O)N(CC(=O)O)C1CC1. The molecule has 0 saturated heterocycles. The number of carbonyl (C=O) groups is 2. The fourth-order valence-corrected chi connectivity index (χ4v) is 2.71. The van der Waals surface area contributed by atoms with E-state index in [0.717, 1.165) is 29.8 Å². The maximum Gasteiger partial charge on any atom is 0.323 e. The zero-order chi connectivity index (χ0) is 15.0. The molecule has 0 aliphatic heterocycles. The van der Waals surface area contributed by atoms with Crippen LogP contribution in [0, 0.1) is 13.8 Å². The highest BCUT2D eigenvalue weighted by Crippen LogP contribution is 2.31. The van der Waals surface area contributed by atoms with Gasteiger partial charge in [0.1, 0.15) is 6.54 Å². The average Bonchev–Trinajstić information content (AvgIpc) is 3.15. The fourth-order valence-electron chi connectivity index (χ4n) is 2.71. The molecule has 0 radical (unpaired) electrons. The standard InChI is InChI=1S/C14H21N3O3/c1-8(13-9(2)15-16(4)10(13)3)14(20)17(7-12(18)19)11-5-6-11/h8,11H,5-7H2,1-4H3,(H,18,19). The van der Waals surface area contributed by atoms with Gasteiger partial charge in [0.05, 0.1) is 11.6 Å². The van der Waals surface area contributed by atoms with Crippen LogP contribution in [0.4, 0.5) is 0 Å². The number of carboxylic acid groups (broad SMARTS) is 1. The Hall–Kier alpha value is -1.85. The molecule has 1 saturated carbocycles.